The number of rotatable bonds is 3. The third-order valence-electron chi connectivity index (χ3n) is 4.47. The van der Waals surface area contributed by atoms with E-state index in [0.717, 1.165) is 11.3 Å². The summed E-state index contributed by atoms with van der Waals surface area (Å²) in [6.07, 6.45) is 0. The van der Waals surface area contributed by atoms with Gasteiger partial charge in [0, 0.05) is 48.0 Å². The number of anilines is 1. The number of nitrogens with zero attached hydrogens (tertiary/aromatic N) is 3. The quantitative estimate of drug-likeness (QED) is 0.579. The molecule has 26 heavy (non-hydrogen) atoms. The number of carbonyl (C=O) groups is 1. The summed E-state index contributed by atoms with van der Waals surface area (Å²) in [7, 11) is 0. The normalized spacial score (nSPS) is 14.4. The van der Waals surface area contributed by atoms with E-state index in [2.05, 4.69) is 4.90 Å². The molecule has 1 aliphatic rings. The van der Waals surface area contributed by atoms with Crippen LogP contribution in [0, 0.1) is 17.0 Å². The number of carbonyl (C=O) groups excluding carboxylic acids is 1. The first kappa shape index (κ1) is 18.5. The fourth-order valence-electron chi connectivity index (χ4n) is 3.08. The summed E-state index contributed by atoms with van der Waals surface area (Å²) in [5.41, 5.74) is 1.95. The first-order chi connectivity index (χ1) is 12.4. The summed E-state index contributed by atoms with van der Waals surface area (Å²) in [6.45, 7) is 4.23. The van der Waals surface area contributed by atoms with Gasteiger partial charge in [-0.2, -0.15) is 0 Å². The van der Waals surface area contributed by atoms with Crippen molar-refractivity contribution in [3.8, 4) is 0 Å². The summed E-state index contributed by atoms with van der Waals surface area (Å²) in [5, 5.41) is 12.1. The van der Waals surface area contributed by atoms with E-state index < -0.39 is 4.92 Å². The molecule has 1 amide bonds. The molecule has 3 rings (SSSR count). The average Bonchev–Trinajstić information content (AvgIpc) is 2.63. The van der Waals surface area contributed by atoms with Gasteiger partial charge in [0.25, 0.3) is 11.6 Å². The Bertz CT molecular complexity index is 865. The van der Waals surface area contributed by atoms with Gasteiger partial charge in [0.1, 0.15) is 5.56 Å². The van der Waals surface area contributed by atoms with Crippen molar-refractivity contribution in [2.45, 2.75) is 6.92 Å². The van der Waals surface area contributed by atoms with E-state index in [0.29, 0.717) is 31.2 Å². The van der Waals surface area contributed by atoms with E-state index in [9.17, 15) is 14.9 Å². The molecule has 1 heterocycles. The fourth-order valence-corrected chi connectivity index (χ4v) is 3.41. The molecule has 2 aromatic rings. The third kappa shape index (κ3) is 3.76. The van der Waals surface area contributed by atoms with Crippen LogP contribution < -0.4 is 4.90 Å². The zero-order valence-electron chi connectivity index (χ0n) is 14.1. The zero-order chi connectivity index (χ0) is 18.8. The highest BCUT2D eigenvalue weighted by Gasteiger charge is 2.28. The Balaban J connectivity index is 1.75. The van der Waals surface area contributed by atoms with E-state index in [-0.39, 0.29) is 22.2 Å². The maximum Gasteiger partial charge on any atom is 0.283 e. The molecule has 8 heteroatoms. The molecule has 0 atom stereocenters. The molecule has 0 N–H and O–H groups in total. The van der Waals surface area contributed by atoms with Crippen molar-refractivity contribution >= 4 is 40.5 Å². The molecule has 6 nitrogen and oxygen atoms in total. The van der Waals surface area contributed by atoms with Gasteiger partial charge in [0.05, 0.1) is 4.92 Å². The van der Waals surface area contributed by atoms with Crippen molar-refractivity contribution in [2.75, 3.05) is 31.1 Å². The highest BCUT2D eigenvalue weighted by Crippen LogP contribution is 2.27. The fraction of sp³-hybridized carbons (Fsp3) is 0.278. The summed E-state index contributed by atoms with van der Waals surface area (Å²) < 4.78 is 0. The Hall–Kier alpha value is -2.31. The largest absolute Gasteiger partial charge is 0.368 e. The van der Waals surface area contributed by atoms with Gasteiger partial charge in [-0.05, 0) is 36.8 Å². The molecule has 1 aliphatic heterocycles. The Labute approximate surface area is 161 Å². The summed E-state index contributed by atoms with van der Waals surface area (Å²) >= 11 is 11.9. The monoisotopic (exact) mass is 393 g/mol. The molecular weight excluding hydrogens is 377 g/mol. The highest BCUT2D eigenvalue weighted by molar-refractivity contribution is 6.31. The SMILES string of the molecule is Cc1ccc(Cl)cc1N1CCN(C(=O)c2ccc(Cl)cc2[N+](=O)[O-])CC1. The Morgan fingerprint density at radius 3 is 2.31 bits per heavy atom. The number of nitro groups is 1. The number of nitro benzene ring substituents is 1. The van der Waals surface area contributed by atoms with E-state index >= 15 is 0 Å². The van der Waals surface area contributed by atoms with E-state index in [4.69, 9.17) is 23.2 Å². The lowest BCUT2D eigenvalue weighted by Crippen LogP contribution is -2.49. The van der Waals surface area contributed by atoms with Crippen molar-refractivity contribution in [1.29, 1.82) is 0 Å². The maximum absolute atomic E-state index is 12.7. The molecule has 2 aromatic carbocycles. The maximum atomic E-state index is 12.7. The number of hydrogen-bond donors (Lipinski definition) is 0. The van der Waals surface area contributed by atoms with Crippen LogP contribution in [0.1, 0.15) is 15.9 Å². The Morgan fingerprint density at radius 1 is 1.04 bits per heavy atom. The molecule has 1 saturated heterocycles. The lowest BCUT2D eigenvalue weighted by Gasteiger charge is -2.36. The molecular formula is C18H17Cl2N3O3. The van der Waals surface area contributed by atoms with Gasteiger partial charge >= 0.3 is 0 Å². The number of piperazine rings is 1. The number of amides is 1. The first-order valence-electron chi connectivity index (χ1n) is 8.11. The second kappa shape index (κ2) is 7.51. The van der Waals surface area contributed by atoms with Crippen LogP contribution in [-0.4, -0.2) is 41.9 Å². The third-order valence-corrected chi connectivity index (χ3v) is 4.94. The topological polar surface area (TPSA) is 66.7 Å². The van der Waals surface area contributed by atoms with Gasteiger partial charge in [0.15, 0.2) is 0 Å². The molecule has 0 saturated carbocycles. The predicted molar refractivity (Wildman–Crippen MR) is 102 cm³/mol. The van der Waals surface area contributed by atoms with Crippen molar-refractivity contribution in [2.24, 2.45) is 0 Å². The average molecular weight is 394 g/mol. The minimum absolute atomic E-state index is 0.0618. The molecule has 0 bridgehead atoms. The number of aryl methyl sites for hydroxylation is 1. The van der Waals surface area contributed by atoms with Crippen LogP contribution in [0.2, 0.25) is 10.0 Å². The summed E-state index contributed by atoms with van der Waals surface area (Å²) in [6, 6.07) is 9.84. The lowest BCUT2D eigenvalue weighted by molar-refractivity contribution is -0.385. The van der Waals surface area contributed by atoms with Gasteiger partial charge < -0.3 is 9.80 Å². The molecule has 0 aromatic heterocycles. The first-order valence-corrected chi connectivity index (χ1v) is 8.86. The second-order valence-corrected chi connectivity index (χ2v) is 7.00. The smallest absolute Gasteiger partial charge is 0.283 e. The molecule has 0 radical (unpaired) electrons. The van der Waals surface area contributed by atoms with Crippen molar-refractivity contribution in [3.05, 3.63) is 67.7 Å². The molecule has 0 spiro atoms. The van der Waals surface area contributed by atoms with Crippen LogP contribution >= 0.6 is 23.2 Å². The summed E-state index contributed by atoms with van der Waals surface area (Å²) in [5.74, 6) is -0.351. The van der Waals surface area contributed by atoms with Crippen molar-refractivity contribution in [3.63, 3.8) is 0 Å². The number of halogens is 2. The molecule has 136 valence electrons. The lowest BCUT2D eigenvalue weighted by atomic mass is 10.1. The van der Waals surface area contributed by atoms with Gasteiger partial charge in [0.2, 0.25) is 0 Å². The summed E-state index contributed by atoms with van der Waals surface area (Å²) in [4.78, 5) is 27.2. The van der Waals surface area contributed by atoms with Crippen LogP contribution in [0.3, 0.4) is 0 Å². The van der Waals surface area contributed by atoms with Crippen molar-refractivity contribution < 1.29 is 9.72 Å². The van der Waals surface area contributed by atoms with Crippen LogP contribution in [0.4, 0.5) is 11.4 Å². The van der Waals surface area contributed by atoms with Gasteiger partial charge in [-0.15, -0.1) is 0 Å². The predicted octanol–water partition coefficient (Wildman–Crippen LogP) is 4.17. The van der Waals surface area contributed by atoms with E-state index in [1.807, 2.05) is 25.1 Å². The van der Waals surface area contributed by atoms with E-state index in [1.54, 1.807) is 4.90 Å². The molecule has 1 fully saturated rings. The van der Waals surface area contributed by atoms with Gasteiger partial charge in [-0.25, -0.2) is 0 Å². The standard InChI is InChI=1S/C18H17Cl2N3O3/c1-12-2-3-13(19)10-16(12)21-6-8-22(9-7-21)18(24)15-5-4-14(20)11-17(15)23(25)26/h2-5,10-11H,6-9H2,1H3. The van der Waals surface area contributed by atoms with Crippen LogP contribution in [0.25, 0.3) is 0 Å². The number of hydrogen-bond acceptors (Lipinski definition) is 4. The minimum Gasteiger partial charge on any atom is -0.368 e. The van der Waals surface area contributed by atoms with Crippen molar-refractivity contribution in [1.82, 2.24) is 4.90 Å². The number of benzene rings is 2. The second-order valence-electron chi connectivity index (χ2n) is 6.13. The van der Waals surface area contributed by atoms with Crippen LogP contribution in [-0.2, 0) is 0 Å². The van der Waals surface area contributed by atoms with Crippen LogP contribution in [0.5, 0.6) is 0 Å². The Morgan fingerprint density at radius 2 is 1.65 bits per heavy atom. The van der Waals surface area contributed by atoms with Gasteiger partial charge in [-0.3, -0.25) is 14.9 Å². The zero-order valence-corrected chi connectivity index (χ0v) is 15.6. The van der Waals surface area contributed by atoms with E-state index in [1.165, 1.54) is 18.2 Å². The molecule has 0 aliphatic carbocycles. The van der Waals surface area contributed by atoms with Gasteiger partial charge in [-0.1, -0.05) is 29.3 Å². The highest BCUT2D eigenvalue weighted by atomic mass is 35.5. The van der Waals surface area contributed by atoms with Crippen LogP contribution in [0.15, 0.2) is 36.4 Å². The minimum atomic E-state index is -0.579. The molecule has 0 unspecified atom stereocenters. The Kier molecular flexibility index (Phi) is 5.34.